The lowest BCUT2D eigenvalue weighted by Crippen LogP contribution is -2.27. The molecule has 5 heteroatoms. The first-order valence-electron chi connectivity index (χ1n) is 6.64. The summed E-state index contributed by atoms with van der Waals surface area (Å²) in [7, 11) is 0. The zero-order valence-electron chi connectivity index (χ0n) is 11.4. The van der Waals surface area contributed by atoms with Crippen molar-refractivity contribution in [1.82, 2.24) is 0 Å². The fraction of sp³-hybridized carbons (Fsp3) is 0.250. The van der Waals surface area contributed by atoms with Crippen molar-refractivity contribution in [3.8, 4) is 11.5 Å². The van der Waals surface area contributed by atoms with Crippen LogP contribution in [0.2, 0.25) is 5.02 Å². The van der Waals surface area contributed by atoms with Gasteiger partial charge in [-0.25, -0.2) is 0 Å². The molecule has 0 spiro atoms. The third-order valence-electron chi connectivity index (χ3n) is 2.94. The Labute approximate surface area is 140 Å². The van der Waals surface area contributed by atoms with Crippen LogP contribution < -0.4 is 9.64 Å². The molecular formula is C16H16Cl3NO. The summed E-state index contributed by atoms with van der Waals surface area (Å²) in [6.45, 7) is 1.36. The normalized spacial score (nSPS) is 10.4. The lowest BCUT2D eigenvalue weighted by Gasteiger charge is -2.25. The van der Waals surface area contributed by atoms with Gasteiger partial charge >= 0.3 is 0 Å². The Balaban J connectivity index is 2.31. The van der Waals surface area contributed by atoms with Crippen molar-refractivity contribution in [2.45, 2.75) is 0 Å². The van der Waals surface area contributed by atoms with Gasteiger partial charge in [-0.15, -0.1) is 23.2 Å². The van der Waals surface area contributed by atoms with Crippen molar-refractivity contribution in [3.05, 3.63) is 53.6 Å². The maximum Gasteiger partial charge on any atom is 0.150 e. The highest BCUT2D eigenvalue weighted by atomic mass is 35.5. The Hall–Kier alpha value is -1.09. The summed E-state index contributed by atoms with van der Waals surface area (Å²) in [4.78, 5) is 2.07. The van der Waals surface area contributed by atoms with Crippen LogP contribution in [0.1, 0.15) is 0 Å². The minimum absolute atomic E-state index is 0.508. The average molecular weight is 345 g/mol. The topological polar surface area (TPSA) is 12.5 Å². The molecule has 0 saturated heterocycles. The van der Waals surface area contributed by atoms with Crippen molar-refractivity contribution in [3.63, 3.8) is 0 Å². The first-order chi connectivity index (χ1) is 10.2. The molecule has 2 aromatic carbocycles. The minimum atomic E-state index is 0.508. The molecule has 0 fully saturated rings. The van der Waals surface area contributed by atoms with Crippen LogP contribution >= 0.6 is 34.8 Å². The molecule has 0 aliphatic carbocycles. The van der Waals surface area contributed by atoms with E-state index in [1.165, 1.54) is 0 Å². The fourth-order valence-corrected chi connectivity index (χ4v) is 2.57. The van der Waals surface area contributed by atoms with E-state index in [9.17, 15) is 0 Å². The number of rotatable bonds is 7. The highest BCUT2D eigenvalue weighted by Crippen LogP contribution is 2.34. The lowest BCUT2D eigenvalue weighted by molar-refractivity contribution is 0.482. The highest BCUT2D eigenvalue weighted by Gasteiger charge is 2.13. The number of hydrogen-bond acceptors (Lipinski definition) is 2. The largest absolute Gasteiger partial charge is 0.455 e. The van der Waals surface area contributed by atoms with E-state index in [1.807, 2.05) is 48.5 Å². The van der Waals surface area contributed by atoms with Crippen LogP contribution in [0.5, 0.6) is 11.5 Å². The highest BCUT2D eigenvalue weighted by molar-refractivity contribution is 6.31. The summed E-state index contributed by atoms with van der Waals surface area (Å²) in [6.07, 6.45) is 0. The second-order valence-corrected chi connectivity index (χ2v) is 5.58. The Morgan fingerprint density at radius 1 is 0.905 bits per heavy atom. The van der Waals surface area contributed by atoms with Gasteiger partial charge in [0, 0.05) is 29.9 Å². The molecule has 0 radical (unpaired) electrons. The van der Waals surface area contributed by atoms with Crippen molar-refractivity contribution >= 4 is 40.5 Å². The Bertz CT molecular complexity index is 557. The van der Waals surface area contributed by atoms with Gasteiger partial charge in [0.2, 0.25) is 0 Å². The predicted octanol–water partition coefficient (Wildman–Crippen LogP) is 5.42. The Kier molecular flexibility index (Phi) is 6.50. The number of para-hydroxylation sites is 1. The van der Waals surface area contributed by atoms with Crippen LogP contribution in [0.4, 0.5) is 5.69 Å². The summed E-state index contributed by atoms with van der Waals surface area (Å²) in [5, 5.41) is 0.652. The van der Waals surface area contributed by atoms with Crippen molar-refractivity contribution in [1.29, 1.82) is 0 Å². The molecule has 0 N–H and O–H groups in total. The zero-order chi connectivity index (χ0) is 15.1. The van der Waals surface area contributed by atoms with Gasteiger partial charge in [0.25, 0.3) is 0 Å². The van der Waals surface area contributed by atoms with E-state index in [-0.39, 0.29) is 0 Å². The summed E-state index contributed by atoms with van der Waals surface area (Å²) in [5.74, 6) is 2.53. The first-order valence-corrected chi connectivity index (χ1v) is 8.08. The Morgan fingerprint density at radius 3 is 2.19 bits per heavy atom. The molecule has 0 heterocycles. The number of benzene rings is 2. The van der Waals surface area contributed by atoms with Crippen molar-refractivity contribution < 1.29 is 4.74 Å². The monoisotopic (exact) mass is 343 g/mol. The van der Waals surface area contributed by atoms with Crippen molar-refractivity contribution in [2.24, 2.45) is 0 Å². The lowest BCUT2D eigenvalue weighted by atomic mass is 10.2. The number of ether oxygens (including phenoxy) is 1. The molecule has 2 rings (SSSR count). The van der Waals surface area contributed by atoms with E-state index >= 15 is 0 Å². The van der Waals surface area contributed by atoms with Crippen LogP contribution in [0.25, 0.3) is 0 Å². The summed E-state index contributed by atoms with van der Waals surface area (Å²) in [6, 6.07) is 15.2. The molecule has 0 atom stereocenters. The maximum absolute atomic E-state index is 6.12. The third-order valence-corrected chi connectivity index (χ3v) is 3.51. The van der Waals surface area contributed by atoms with Gasteiger partial charge in [-0.2, -0.15) is 0 Å². The standard InChI is InChI=1S/C16H16Cl3NO/c17-8-10-20(11-9-18)15-12-13(19)6-7-16(15)21-14-4-2-1-3-5-14/h1-7,12H,8-11H2. The van der Waals surface area contributed by atoms with Crippen molar-refractivity contribution in [2.75, 3.05) is 29.7 Å². The van der Waals surface area contributed by atoms with Gasteiger partial charge in [0.05, 0.1) is 5.69 Å². The number of hydrogen-bond donors (Lipinski definition) is 0. The molecule has 0 aliphatic rings. The molecule has 0 aromatic heterocycles. The number of alkyl halides is 2. The van der Waals surface area contributed by atoms with Crippen LogP contribution in [0, 0.1) is 0 Å². The molecule has 0 aliphatic heterocycles. The van der Waals surface area contributed by atoms with E-state index in [4.69, 9.17) is 39.5 Å². The van der Waals surface area contributed by atoms with Gasteiger partial charge in [0.1, 0.15) is 5.75 Å². The molecule has 0 saturated carbocycles. The zero-order valence-corrected chi connectivity index (χ0v) is 13.7. The second-order valence-electron chi connectivity index (χ2n) is 4.39. The number of halogens is 3. The smallest absolute Gasteiger partial charge is 0.150 e. The van der Waals surface area contributed by atoms with Crippen LogP contribution in [-0.2, 0) is 0 Å². The number of nitrogens with zero attached hydrogens (tertiary/aromatic N) is 1. The summed E-state index contributed by atoms with van der Waals surface area (Å²) in [5.41, 5.74) is 0.896. The molecule has 2 aromatic rings. The van der Waals surface area contributed by atoms with Gasteiger partial charge in [-0.05, 0) is 30.3 Å². The molecule has 112 valence electrons. The predicted molar refractivity (Wildman–Crippen MR) is 91.6 cm³/mol. The van der Waals surface area contributed by atoms with Crippen LogP contribution in [0.15, 0.2) is 48.5 Å². The molecule has 2 nitrogen and oxygen atoms in total. The third kappa shape index (κ3) is 4.70. The molecular weight excluding hydrogens is 329 g/mol. The molecule has 21 heavy (non-hydrogen) atoms. The van der Waals surface area contributed by atoms with E-state index in [2.05, 4.69) is 4.90 Å². The summed E-state index contributed by atoms with van der Waals surface area (Å²) < 4.78 is 5.95. The van der Waals surface area contributed by atoms with Gasteiger partial charge in [-0.1, -0.05) is 29.8 Å². The number of anilines is 1. The van der Waals surface area contributed by atoms with Gasteiger partial charge in [0.15, 0.2) is 5.75 Å². The molecule has 0 unspecified atom stereocenters. The van der Waals surface area contributed by atoms with E-state index in [1.54, 1.807) is 0 Å². The van der Waals surface area contributed by atoms with E-state index < -0.39 is 0 Å². The quantitative estimate of drug-likeness (QED) is 0.622. The van der Waals surface area contributed by atoms with Gasteiger partial charge < -0.3 is 9.64 Å². The maximum atomic E-state index is 6.12. The second kappa shape index (κ2) is 8.38. The van der Waals surface area contributed by atoms with E-state index in [0.29, 0.717) is 29.9 Å². The molecule has 0 amide bonds. The van der Waals surface area contributed by atoms with E-state index in [0.717, 1.165) is 17.2 Å². The molecule has 0 bridgehead atoms. The SMILES string of the molecule is ClCCN(CCCl)c1cc(Cl)ccc1Oc1ccccc1. The van der Waals surface area contributed by atoms with Crippen LogP contribution in [-0.4, -0.2) is 24.8 Å². The first kappa shape index (κ1) is 16.3. The minimum Gasteiger partial charge on any atom is -0.455 e. The van der Waals surface area contributed by atoms with Crippen LogP contribution in [0.3, 0.4) is 0 Å². The fourth-order valence-electron chi connectivity index (χ4n) is 2.00. The van der Waals surface area contributed by atoms with Gasteiger partial charge in [-0.3, -0.25) is 0 Å². The average Bonchev–Trinajstić information content (AvgIpc) is 2.50. The Morgan fingerprint density at radius 2 is 1.57 bits per heavy atom. The summed E-state index contributed by atoms with van der Waals surface area (Å²) >= 11 is 17.9.